The second-order valence-electron chi connectivity index (χ2n) is 5.38. The summed E-state index contributed by atoms with van der Waals surface area (Å²) in [5.41, 5.74) is 3.10. The summed E-state index contributed by atoms with van der Waals surface area (Å²) in [6, 6.07) is 13.9. The molecule has 1 heterocycles. The Kier molecular flexibility index (Phi) is 4.00. The molecule has 1 unspecified atom stereocenters. The Morgan fingerprint density at radius 1 is 1.16 bits per heavy atom. The van der Waals surface area contributed by atoms with E-state index in [0.29, 0.717) is 12.0 Å². The molecule has 3 rings (SSSR count). The second-order valence-corrected chi connectivity index (χ2v) is 6.36. The van der Waals surface area contributed by atoms with Crippen molar-refractivity contribution >= 4 is 11.3 Å². The van der Waals surface area contributed by atoms with E-state index < -0.39 is 0 Å². The largest absolute Gasteiger partial charge is 0.309 e. The molecule has 0 amide bonds. The van der Waals surface area contributed by atoms with Gasteiger partial charge in [0.15, 0.2) is 0 Å². The van der Waals surface area contributed by atoms with Crippen LogP contribution in [-0.2, 0) is 12.8 Å². The van der Waals surface area contributed by atoms with Crippen LogP contribution in [0.4, 0.5) is 0 Å². The number of hydrogen-bond acceptors (Lipinski definition) is 2. The summed E-state index contributed by atoms with van der Waals surface area (Å²) < 4.78 is 0. The van der Waals surface area contributed by atoms with Gasteiger partial charge in [-0.3, -0.25) is 0 Å². The van der Waals surface area contributed by atoms with E-state index in [1.807, 2.05) is 11.3 Å². The molecule has 0 radical (unpaired) electrons. The first-order valence-electron chi connectivity index (χ1n) is 7.22. The molecule has 1 nitrogen and oxygen atoms in total. The Morgan fingerprint density at radius 2 is 1.89 bits per heavy atom. The molecule has 1 aromatic heterocycles. The van der Waals surface area contributed by atoms with E-state index in [2.05, 4.69) is 54.0 Å². The monoisotopic (exact) mass is 271 g/mol. The number of rotatable bonds is 5. The van der Waals surface area contributed by atoms with Gasteiger partial charge in [-0.1, -0.05) is 37.3 Å². The van der Waals surface area contributed by atoms with Gasteiger partial charge in [-0.15, -0.1) is 11.3 Å². The maximum Gasteiger partial charge on any atom is 0.0449 e. The van der Waals surface area contributed by atoms with Gasteiger partial charge in [0.05, 0.1) is 0 Å². The minimum atomic E-state index is 0.521. The molecule has 0 fully saturated rings. The molecule has 19 heavy (non-hydrogen) atoms. The molecule has 0 aliphatic heterocycles. The zero-order valence-corrected chi connectivity index (χ0v) is 12.2. The van der Waals surface area contributed by atoms with Crippen LogP contribution >= 0.6 is 11.3 Å². The molecule has 0 saturated heterocycles. The van der Waals surface area contributed by atoms with Gasteiger partial charge in [0.2, 0.25) is 0 Å². The van der Waals surface area contributed by atoms with Crippen molar-refractivity contribution in [2.75, 3.05) is 6.54 Å². The molecule has 100 valence electrons. The molecule has 0 bridgehead atoms. The normalized spacial score (nSPS) is 16.5. The van der Waals surface area contributed by atoms with E-state index in [9.17, 15) is 0 Å². The number of fused-ring (bicyclic) bond motifs is 1. The molecular formula is C17H21NS. The lowest BCUT2D eigenvalue weighted by atomic mass is 9.95. The smallest absolute Gasteiger partial charge is 0.0449 e. The predicted octanol–water partition coefficient (Wildman–Crippen LogP) is 4.20. The first-order chi connectivity index (χ1) is 9.38. The van der Waals surface area contributed by atoms with Crippen LogP contribution in [0.5, 0.6) is 0 Å². The second kappa shape index (κ2) is 5.89. The van der Waals surface area contributed by atoms with Crippen LogP contribution in [0.15, 0.2) is 41.8 Å². The van der Waals surface area contributed by atoms with Gasteiger partial charge >= 0.3 is 0 Å². The van der Waals surface area contributed by atoms with E-state index in [4.69, 9.17) is 0 Å². The van der Waals surface area contributed by atoms with Crippen molar-refractivity contribution in [1.82, 2.24) is 5.32 Å². The lowest BCUT2D eigenvalue weighted by molar-refractivity contribution is 0.379. The molecule has 0 spiro atoms. The molecule has 1 aliphatic carbocycles. The summed E-state index contributed by atoms with van der Waals surface area (Å²) in [6.07, 6.45) is 3.63. The summed E-state index contributed by atoms with van der Waals surface area (Å²) in [4.78, 5) is 1.49. The van der Waals surface area contributed by atoms with Crippen molar-refractivity contribution in [3.05, 3.63) is 57.8 Å². The lowest BCUT2D eigenvalue weighted by Crippen LogP contribution is -2.28. The third-order valence-corrected chi connectivity index (χ3v) is 4.97. The Morgan fingerprint density at radius 3 is 2.47 bits per heavy atom. The highest BCUT2D eigenvalue weighted by molar-refractivity contribution is 7.10. The highest BCUT2D eigenvalue weighted by Gasteiger charge is 2.29. The molecule has 1 aromatic carbocycles. The molecule has 2 heteroatoms. The number of thiophene rings is 1. The van der Waals surface area contributed by atoms with E-state index in [1.54, 1.807) is 11.1 Å². The number of hydrogen-bond donors (Lipinski definition) is 1. The van der Waals surface area contributed by atoms with E-state index in [1.165, 1.54) is 24.1 Å². The zero-order valence-electron chi connectivity index (χ0n) is 11.4. The average molecular weight is 271 g/mol. The highest BCUT2D eigenvalue weighted by atomic mass is 32.1. The van der Waals surface area contributed by atoms with Crippen LogP contribution in [0, 0.1) is 5.92 Å². The van der Waals surface area contributed by atoms with Gasteiger partial charge in [-0.2, -0.15) is 0 Å². The average Bonchev–Trinajstić information content (AvgIpc) is 3.08. The summed E-state index contributed by atoms with van der Waals surface area (Å²) in [5.74, 6) is 0.711. The van der Waals surface area contributed by atoms with Crippen molar-refractivity contribution < 1.29 is 0 Å². The summed E-state index contributed by atoms with van der Waals surface area (Å²) in [7, 11) is 0. The van der Waals surface area contributed by atoms with Gasteiger partial charge < -0.3 is 5.32 Å². The molecule has 1 N–H and O–H groups in total. The topological polar surface area (TPSA) is 12.0 Å². The van der Waals surface area contributed by atoms with Gasteiger partial charge in [0.25, 0.3) is 0 Å². The van der Waals surface area contributed by atoms with Crippen molar-refractivity contribution in [1.29, 1.82) is 0 Å². The van der Waals surface area contributed by atoms with Crippen LogP contribution in [0.2, 0.25) is 0 Å². The van der Waals surface area contributed by atoms with Crippen LogP contribution in [0.3, 0.4) is 0 Å². The van der Waals surface area contributed by atoms with Crippen LogP contribution in [0.25, 0.3) is 0 Å². The zero-order chi connectivity index (χ0) is 13.1. The van der Waals surface area contributed by atoms with Gasteiger partial charge in [0, 0.05) is 10.9 Å². The Labute approximate surface area is 119 Å². The Balaban J connectivity index is 1.79. The first-order valence-corrected chi connectivity index (χ1v) is 8.10. The lowest BCUT2D eigenvalue weighted by Gasteiger charge is -2.23. The fourth-order valence-electron chi connectivity index (χ4n) is 3.10. The highest BCUT2D eigenvalue weighted by Crippen LogP contribution is 2.36. The van der Waals surface area contributed by atoms with Crippen LogP contribution in [0.1, 0.15) is 35.4 Å². The Hall–Kier alpha value is -1.12. The van der Waals surface area contributed by atoms with Crippen molar-refractivity contribution in [3.63, 3.8) is 0 Å². The van der Waals surface area contributed by atoms with Gasteiger partial charge in [0.1, 0.15) is 0 Å². The quantitative estimate of drug-likeness (QED) is 0.859. The third kappa shape index (κ3) is 2.75. The van der Waals surface area contributed by atoms with Crippen molar-refractivity contribution in [2.24, 2.45) is 5.92 Å². The number of nitrogens with one attached hydrogen (secondary N) is 1. The van der Waals surface area contributed by atoms with E-state index in [-0.39, 0.29) is 0 Å². The maximum absolute atomic E-state index is 3.76. The molecule has 2 aromatic rings. The van der Waals surface area contributed by atoms with Gasteiger partial charge in [-0.25, -0.2) is 0 Å². The molecule has 1 atom stereocenters. The first kappa shape index (κ1) is 12.9. The minimum Gasteiger partial charge on any atom is -0.309 e. The van der Waals surface area contributed by atoms with Crippen LogP contribution in [-0.4, -0.2) is 6.54 Å². The summed E-state index contributed by atoms with van der Waals surface area (Å²) in [5, 5.41) is 5.95. The van der Waals surface area contributed by atoms with E-state index >= 15 is 0 Å². The van der Waals surface area contributed by atoms with E-state index in [0.717, 1.165) is 6.54 Å². The third-order valence-electron chi connectivity index (χ3n) is 4.02. The fraction of sp³-hybridized carbons (Fsp3) is 0.412. The number of benzene rings is 1. The Bertz CT molecular complexity index is 493. The minimum absolute atomic E-state index is 0.521. The molecule has 1 aliphatic rings. The SMILES string of the molecule is CCCNC(c1cccs1)C1Cc2ccccc2C1. The predicted molar refractivity (Wildman–Crippen MR) is 82.7 cm³/mol. The summed E-state index contributed by atoms with van der Waals surface area (Å²) in [6.45, 7) is 3.34. The standard InChI is InChI=1S/C17H21NS/c1-2-9-18-17(16-8-5-10-19-16)15-11-13-6-3-4-7-14(13)12-15/h3-8,10,15,17-18H,2,9,11-12H2,1H3. The fourth-order valence-corrected chi connectivity index (χ4v) is 3.99. The van der Waals surface area contributed by atoms with Crippen LogP contribution < -0.4 is 5.32 Å². The maximum atomic E-state index is 3.76. The summed E-state index contributed by atoms with van der Waals surface area (Å²) >= 11 is 1.88. The van der Waals surface area contributed by atoms with Gasteiger partial charge in [-0.05, 0) is 54.3 Å². The van der Waals surface area contributed by atoms with Crippen molar-refractivity contribution in [3.8, 4) is 0 Å². The van der Waals surface area contributed by atoms with Crippen molar-refractivity contribution in [2.45, 2.75) is 32.2 Å². The molecule has 0 saturated carbocycles. The molecular weight excluding hydrogens is 250 g/mol.